The third-order valence-electron chi connectivity index (χ3n) is 3.39. The van der Waals surface area contributed by atoms with Crippen LogP contribution in [-0.2, 0) is 20.8 Å². The first-order valence-electron chi connectivity index (χ1n) is 6.35. The minimum absolute atomic E-state index is 0.0139. The van der Waals surface area contributed by atoms with Crippen LogP contribution in [0.25, 0.3) is 0 Å². The Balaban J connectivity index is 2.15. The van der Waals surface area contributed by atoms with Gasteiger partial charge in [0.25, 0.3) is 0 Å². The minimum atomic E-state index is -1.16. The van der Waals surface area contributed by atoms with Crippen molar-refractivity contribution < 1.29 is 19.5 Å². The fourth-order valence-corrected chi connectivity index (χ4v) is 2.17. The maximum absolute atomic E-state index is 11.7. The van der Waals surface area contributed by atoms with E-state index in [0.29, 0.717) is 12.2 Å². The number of carboxylic acid groups (broad SMARTS) is 1. The van der Waals surface area contributed by atoms with Gasteiger partial charge < -0.3 is 15.3 Å². The van der Waals surface area contributed by atoms with E-state index >= 15 is 0 Å². The second kappa shape index (κ2) is 5.32. The van der Waals surface area contributed by atoms with Gasteiger partial charge in [-0.1, -0.05) is 0 Å². The molecule has 2 rings (SSSR count). The van der Waals surface area contributed by atoms with E-state index in [0.717, 1.165) is 17.7 Å². The summed E-state index contributed by atoms with van der Waals surface area (Å²) in [4.78, 5) is 35.5. The van der Waals surface area contributed by atoms with Crippen LogP contribution in [0.4, 0.5) is 11.4 Å². The van der Waals surface area contributed by atoms with E-state index < -0.39 is 17.8 Å². The Bertz CT molecular complexity index is 583. The predicted octanol–water partition coefficient (Wildman–Crippen LogP) is 1.25. The van der Waals surface area contributed by atoms with Gasteiger partial charge in [0, 0.05) is 24.8 Å². The molecule has 20 heavy (non-hydrogen) atoms. The Labute approximate surface area is 116 Å². The van der Waals surface area contributed by atoms with Gasteiger partial charge in [-0.3, -0.25) is 14.4 Å². The summed E-state index contributed by atoms with van der Waals surface area (Å²) in [5.41, 5.74) is 2.37. The van der Waals surface area contributed by atoms with Crippen molar-refractivity contribution in [3.63, 3.8) is 0 Å². The van der Waals surface area contributed by atoms with Crippen LogP contribution in [0.2, 0.25) is 0 Å². The largest absolute Gasteiger partial charge is 0.481 e. The normalized spacial score (nSPS) is 14.6. The van der Waals surface area contributed by atoms with E-state index in [2.05, 4.69) is 5.32 Å². The molecule has 0 aromatic heterocycles. The van der Waals surface area contributed by atoms with E-state index in [1.807, 2.05) is 0 Å². The molecule has 0 bridgehead atoms. The Morgan fingerprint density at radius 1 is 1.35 bits per heavy atom. The zero-order valence-electron chi connectivity index (χ0n) is 11.3. The molecule has 2 N–H and O–H groups in total. The molecule has 1 aliphatic rings. The van der Waals surface area contributed by atoms with Crippen molar-refractivity contribution in [2.24, 2.45) is 5.92 Å². The van der Waals surface area contributed by atoms with Crippen LogP contribution in [0.15, 0.2) is 18.2 Å². The Morgan fingerprint density at radius 3 is 2.65 bits per heavy atom. The molecule has 0 saturated heterocycles. The molecule has 2 amide bonds. The monoisotopic (exact) mass is 276 g/mol. The zero-order valence-corrected chi connectivity index (χ0v) is 11.3. The van der Waals surface area contributed by atoms with E-state index in [1.54, 1.807) is 23.1 Å². The summed E-state index contributed by atoms with van der Waals surface area (Å²) in [6.45, 7) is 3.48. The maximum Gasteiger partial charge on any atom is 0.315 e. The standard InChI is InChI=1S/C14H16N2O4/c1-8(14(19)20)13(18)15-11-3-4-12-10(7-11)5-6-16(12)9(2)17/h3-4,7-8H,5-6H2,1-2H3,(H,15,18)(H,19,20). The molecule has 1 aromatic carbocycles. The molecule has 0 aliphatic carbocycles. The van der Waals surface area contributed by atoms with Crippen LogP contribution in [0.1, 0.15) is 19.4 Å². The van der Waals surface area contributed by atoms with Crippen LogP contribution >= 0.6 is 0 Å². The molecule has 1 aromatic rings. The number of rotatable bonds is 3. The van der Waals surface area contributed by atoms with E-state index in [4.69, 9.17) is 5.11 Å². The van der Waals surface area contributed by atoms with Crippen molar-refractivity contribution in [1.82, 2.24) is 0 Å². The smallest absolute Gasteiger partial charge is 0.315 e. The van der Waals surface area contributed by atoms with Crippen LogP contribution in [-0.4, -0.2) is 29.4 Å². The van der Waals surface area contributed by atoms with Gasteiger partial charge in [0.15, 0.2) is 0 Å². The van der Waals surface area contributed by atoms with Gasteiger partial charge in [0.1, 0.15) is 5.92 Å². The summed E-state index contributed by atoms with van der Waals surface area (Å²) >= 11 is 0. The van der Waals surface area contributed by atoms with Gasteiger partial charge in [0.05, 0.1) is 0 Å². The quantitative estimate of drug-likeness (QED) is 0.813. The topological polar surface area (TPSA) is 86.7 Å². The van der Waals surface area contributed by atoms with Gasteiger partial charge in [-0.25, -0.2) is 0 Å². The van der Waals surface area contributed by atoms with Crippen molar-refractivity contribution in [2.45, 2.75) is 20.3 Å². The first-order chi connectivity index (χ1) is 9.40. The maximum atomic E-state index is 11.7. The molecular formula is C14H16N2O4. The summed E-state index contributed by atoms with van der Waals surface area (Å²) in [6.07, 6.45) is 0.729. The highest BCUT2D eigenvalue weighted by atomic mass is 16.4. The molecule has 1 atom stereocenters. The molecule has 0 fully saturated rings. The van der Waals surface area contributed by atoms with Crippen LogP contribution in [0, 0.1) is 5.92 Å². The number of hydrogen-bond acceptors (Lipinski definition) is 3. The number of nitrogens with one attached hydrogen (secondary N) is 1. The van der Waals surface area contributed by atoms with Crippen molar-refractivity contribution in [2.75, 3.05) is 16.8 Å². The Hall–Kier alpha value is -2.37. The summed E-state index contributed by atoms with van der Waals surface area (Å²) in [7, 11) is 0. The van der Waals surface area contributed by atoms with E-state index in [1.165, 1.54) is 13.8 Å². The van der Waals surface area contributed by atoms with Gasteiger partial charge in [0.2, 0.25) is 11.8 Å². The lowest BCUT2D eigenvalue weighted by molar-refractivity contribution is -0.144. The Morgan fingerprint density at radius 2 is 2.05 bits per heavy atom. The summed E-state index contributed by atoms with van der Waals surface area (Å²) in [6, 6.07) is 5.22. The first-order valence-corrected chi connectivity index (χ1v) is 6.35. The van der Waals surface area contributed by atoms with Crippen molar-refractivity contribution >= 4 is 29.2 Å². The predicted molar refractivity (Wildman–Crippen MR) is 73.6 cm³/mol. The van der Waals surface area contributed by atoms with Crippen LogP contribution in [0.3, 0.4) is 0 Å². The molecule has 1 unspecified atom stereocenters. The van der Waals surface area contributed by atoms with Crippen molar-refractivity contribution in [1.29, 1.82) is 0 Å². The van der Waals surface area contributed by atoms with E-state index in [9.17, 15) is 14.4 Å². The number of carbonyl (C=O) groups excluding carboxylic acids is 2. The number of nitrogens with zero attached hydrogens (tertiary/aromatic N) is 1. The molecular weight excluding hydrogens is 260 g/mol. The molecule has 6 nitrogen and oxygen atoms in total. The summed E-state index contributed by atoms with van der Waals surface area (Å²) < 4.78 is 0. The Kier molecular flexibility index (Phi) is 3.74. The van der Waals surface area contributed by atoms with Crippen LogP contribution in [0.5, 0.6) is 0 Å². The SMILES string of the molecule is CC(=O)N1CCc2cc(NC(=O)C(C)C(=O)O)ccc21. The molecule has 6 heteroatoms. The first kappa shape index (κ1) is 14.0. The highest BCUT2D eigenvalue weighted by molar-refractivity contribution is 6.04. The lowest BCUT2D eigenvalue weighted by Gasteiger charge is -2.15. The average molecular weight is 276 g/mol. The number of aliphatic carboxylic acids is 1. The molecule has 0 spiro atoms. The number of fused-ring (bicyclic) bond motifs is 1. The van der Waals surface area contributed by atoms with E-state index in [-0.39, 0.29) is 5.91 Å². The highest BCUT2D eigenvalue weighted by Crippen LogP contribution is 2.30. The lowest BCUT2D eigenvalue weighted by atomic mass is 10.1. The number of benzene rings is 1. The molecule has 1 aliphatic heterocycles. The molecule has 1 heterocycles. The fourth-order valence-electron chi connectivity index (χ4n) is 2.17. The number of anilines is 2. The number of hydrogen-bond donors (Lipinski definition) is 2. The molecule has 106 valence electrons. The third kappa shape index (κ3) is 2.64. The highest BCUT2D eigenvalue weighted by Gasteiger charge is 2.24. The number of carboxylic acids is 1. The van der Waals surface area contributed by atoms with Crippen LogP contribution < -0.4 is 10.2 Å². The summed E-state index contributed by atoms with van der Waals surface area (Å²) in [5, 5.41) is 11.3. The van der Waals surface area contributed by atoms with Gasteiger partial charge >= 0.3 is 5.97 Å². The molecule has 0 saturated carbocycles. The number of carbonyl (C=O) groups is 3. The van der Waals surface area contributed by atoms with Gasteiger partial charge in [-0.05, 0) is 37.1 Å². The minimum Gasteiger partial charge on any atom is -0.481 e. The average Bonchev–Trinajstić information content (AvgIpc) is 2.80. The lowest BCUT2D eigenvalue weighted by Crippen LogP contribution is -2.27. The van der Waals surface area contributed by atoms with Gasteiger partial charge in [-0.15, -0.1) is 0 Å². The summed E-state index contributed by atoms with van der Waals surface area (Å²) in [5.74, 6) is -2.83. The van der Waals surface area contributed by atoms with Crippen molar-refractivity contribution in [3.05, 3.63) is 23.8 Å². The second-order valence-corrected chi connectivity index (χ2v) is 4.81. The third-order valence-corrected chi connectivity index (χ3v) is 3.39. The molecule has 0 radical (unpaired) electrons. The van der Waals surface area contributed by atoms with Crippen molar-refractivity contribution in [3.8, 4) is 0 Å². The zero-order chi connectivity index (χ0) is 14.9. The fraction of sp³-hybridized carbons (Fsp3) is 0.357. The second-order valence-electron chi connectivity index (χ2n) is 4.81. The van der Waals surface area contributed by atoms with Gasteiger partial charge in [-0.2, -0.15) is 0 Å². The number of amides is 2.